The predicted molar refractivity (Wildman–Crippen MR) is 200 cm³/mol. The molecule has 1 aliphatic rings. The Kier molecular flexibility index (Phi) is 9.54. The monoisotopic (exact) mass is 839 g/mol. The van der Waals surface area contributed by atoms with E-state index < -0.39 is 0 Å². The van der Waals surface area contributed by atoms with E-state index in [1.165, 1.54) is 44.5 Å². The van der Waals surface area contributed by atoms with Gasteiger partial charge in [0.25, 0.3) is 0 Å². The fourth-order valence-electron chi connectivity index (χ4n) is 7.01. The Hall–Kier alpha value is -4.67. The van der Waals surface area contributed by atoms with Crippen LogP contribution in [0, 0.1) is 60.3 Å². The molecule has 0 spiro atoms. The first kappa shape index (κ1) is 35.2. The first-order valence-electron chi connectivity index (χ1n) is 16.7. The molecule has 4 aromatic carbocycles. The van der Waals surface area contributed by atoms with Crippen LogP contribution < -0.4 is 9.64 Å². The maximum Gasteiger partial charge on any atom is 0.152 e. The van der Waals surface area contributed by atoms with Crippen molar-refractivity contribution in [2.24, 2.45) is 0 Å². The zero-order chi connectivity index (χ0) is 34.6. The maximum atomic E-state index is 6.59. The van der Waals surface area contributed by atoms with Crippen molar-refractivity contribution in [3.05, 3.63) is 138 Å². The van der Waals surface area contributed by atoms with Gasteiger partial charge >= 0.3 is 0 Å². The molecule has 6 nitrogen and oxygen atoms in total. The van der Waals surface area contributed by atoms with Crippen molar-refractivity contribution in [2.45, 2.75) is 67.9 Å². The van der Waals surface area contributed by atoms with Crippen molar-refractivity contribution < 1.29 is 25.8 Å². The van der Waals surface area contributed by atoms with E-state index in [4.69, 9.17) is 14.8 Å². The van der Waals surface area contributed by atoms with E-state index in [9.17, 15) is 0 Å². The number of fused-ring (bicyclic) bond motifs is 1. The summed E-state index contributed by atoms with van der Waals surface area (Å²) in [6.45, 7) is 21.6. The Labute approximate surface area is 310 Å². The summed E-state index contributed by atoms with van der Waals surface area (Å²) in [5.74, 6) is 1.90. The van der Waals surface area contributed by atoms with E-state index in [-0.39, 0.29) is 26.6 Å². The van der Waals surface area contributed by atoms with Crippen LogP contribution in [-0.4, -0.2) is 25.2 Å². The fraction of sp³-hybridized carbons (Fsp3) is 0.233. The Morgan fingerprint density at radius 2 is 1.34 bits per heavy atom. The average molecular weight is 840 g/mol. The Balaban J connectivity index is 0.00000432. The second-order valence-corrected chi connectivity index (χ2v) is 14.3. The predicted octanol–water partition coefficient (Wildman–Crippen LogP) is 10.5. The van der Waals surface area contributed by atoms with Crippen LogP contribution in [0.1, 0.15) is 54.2 Å². The molecule has 3 heterocycles. The van der Waals surface area contributed by atoms with E-state index in [1.54, 1.807) is 0 Å². The van der Waals surface area contributed by atoms with Gasteiger partial charge in [-0.2, -0.15) is 17.8 Å². The second kappa shape index (κ2) is 13.6. The van der Waals surface area contributed by atoms with Gasteiger partial charge in [-0.3, -0.25) is 0 Å². The average Bonchev–Trinajstić information content (AvgIpc) is 3.69. The Bertz CT molecular complexity index is 2210. The standard InChI is InChI=1S/C43H42N5O.Pt/c1-27-16-29(3)41(30(4)17-27)33-12-13-44-40(22-33)48-39-24-37(11-10-34(39)25-45-48)49-38-21-35(42-31(5)18-28(2)19-32(42)6)20-36(23-38)46-14-15-47(26-46)43(7,8)9;/h10-22,25-26H,1-9H3;/q-3;. The van der Waals surface area contributed by atoms with Gasteiger partial charge in [0.2, 0.25) is 0 Å². The van der Waals surface area contributed by atoms with Crippen molar-refractivity contribution in [2.75, 3.05) is 4.90 Å². The topological polar surface area (TPSA) is 46.4 Å². The molecule has 0 amide bonds. The molecular weight excluding hydrogens is 798 g/mol. The van der Waals surface area contributed by atoms with E-state index in [0.717, 1.165) is 33.5 Å². The number of pyridine rings is 1. The third-order valence-electron chi connectivity index (χ3n) is 9.09. The fourth-order valence-corrected chi connectivity index (χ4v) is 7.01. The third kappa shape index (κ3) is 6.87. The number of rotatable bonds is 6. The summed E-state index contributed by atoms with van der Waals surface area (Å²) >= 11 is 0. The van der Waals surface area contributed by atoms with Gasteiger partial charge in [-0.05, 0) is 131 Å². The van der Waals surface area contributed by atoms with Crippen LogP contribution >= 0.6 is 0 Å². The minimum absolute atomic E-state index is 0. The zero-order valence-corrected chi connectivity index (χ0v) is 32.4. The summed E-state index contributed by atoms with van der Waals surface area (Å²) in [7, 11) is 0. The minimum Gasteiger partial charge on any atom is -0.509 e. The summed E-state index contributed by atoms with van der Waals surface area (Å²) in [6, 6.07) is 28.3. The minimum atomic E-state index is -0.0498. The first-order valence-corrected chi connectivity index (χ1v) is 16.7. The molecule has 258 valence electrons. The normalized spacial score (nSPS) is 12.9. The maximum absolute atomic E-state index is 6.59. The van der Waals surface area contributed by atoms with Crippen LogP contribution in [0.15, 0.2) is 85.5 Å². The van der Waals surface area contributed by atoms with Gasteiger partial charge < -0.3 is 14.5 Å². The molecule has 50 heavy (non-hydrogen) atoms. The molecule has 0 saturated heterocycles. The molecule has 2 aromatic heterocycles. The summed E-state index contributed by atoms with van der Waals surface area (Å²) in [5.41, 5.74) is 13.7. The van der Waals surface area contributed by atoms with Gasteiger partial charge in [0.15, 0.2) is 5.82 Å². The first-order chi connectivity index (χ1) is 23.3. The number of nitrogens with zero attached hydrogens (tertiary/aromatic N) is 5. The molecule has 0 aliphatic carbocycles. The number of aromatic nitrogens is 3. The quantitative estimate of drug-likeness (QED) is 0.156. The van der Waals surface area contributed by atoms with Crippen molar-refractivity contribution >= 4 is 16.6 Å². The number of anilines is 1. The van der Waals surface area contributed by atoms with Gasteiger partial charge in [0.05, 0.1) is 0 Å². The summed E-state index contributed by atoms with van der Waals surface area (Å²) in [4.78, 5) is 9.00. The van der Waals surface area contributed by atoms with Crippen LogP contribution in [0.4, 0.5) is 5.69 Å². The number of aryl methyl sites for hydroxylation is 6. The molecule has 0 bridgehead atoms. The summed E-state index contributed by atoms with van der Waals surface area (Å²) < 4.78 is 8.43. The molecule has 0 unspecified atom stereocenters. The Morgan fingerprint density at radius 3 is 1.96 bits per heavy atom. The number of ether oxygens (including phenoxy) is 1. The molecule has 0 N–H and O–H groups in total. The van der Waals surface area contributed by atoms with E-state index in [0.29, 0.717) is 11.5 Å². The summed E-state index contributed by atoms with van der Waals surface area (Å²) in [5, 5.41) is 5.67. The van der Waals surface area contributed by atoms with Crippen LogP contribution in [0.3, 0.4) is 0 Å². The van der Waals surface area contributed by atoms with Gasteiger partial charge in [0.1, 0.15) is 0 Å². The number of benzene rings is 4. The van der Waals surface area contributed by atoms with Crippen LogP contribution in [-0.2, 0) is 21.1 Å². The smallest absolute Gasteiger partial charge is 0.152 e. The molecule has 0 atom stereocenters. The molecule has 7 heteroatoms. The van der Waals surface area contributed by atoms with E-state index in [2.05, 4.69) is 152 Å². The number of hydrogen-bond acceptors (Lipinski definition) is 5. The van der Waals surface area contributed by atoms with Crippen molar-refractivity contribution in [3.8, 4) is 39.6 Å². The third-order valence-corrected chi connectivity index (χ3v) is 9.09. The summed E-state index contributed by atoms with van der Waals surface area (Å²) in [6.07, 6.45) is 7.85. The molecule has 1 aliphatic heterocycles. The van der Waals surface area contributed by atoms with Crippen LogP contribution in [0.5, 0.6) is 11.5 Å². The van der Waals surface area contributed by atoms with Crippen LogP contribution in [0.2, 0.25) is 0 Å². The van der Waals surface area contributed by atoms with E-state index >= 15 is 0 Å². The van der Waals surface area contributed by atoms with Crippen molar-refractivity contribution in [3.63, 3.8) is 0 Å². The van der Waals surface area contributed by atoms with Gasteiger partial charge in [-0.1, -0.05) is 40.8 Å². The molecule has 0 saturated carbocycles. The largest absolute Gasteiger partial charge is 0.509 e. The molecule has 7 rings (SSSR count). The molecular formula is C43H42N5OPt-3. The second-order valence-electron chi connectivity index (χ2n) is 14.3. The SMILES string of the molecule is Cc1cc(C)c(-c2cc(Oc3[c-]c4c(cc3)cnn4-c3cc(-c4c(C)cc(C)cc4C)ccn3)[c-]c(N3C=CN(C(C)(C)C)[CH-]3)c2)c(C)c1.[Pt]. The van der Waals surface area contributed by atoms with Crippen molar-refractivity contribution in [1.29, 1.82) is 0 Å². The Morgan fingerprint density at radius 1 is 0.700 bits per heavy atom. The van der Waals surface area contributed by atoms with Gasteiger partial charge in [-0.25, -0.2) is 9.67 Å². The number of hydrogen-bond donors (Lipinski definition) is 0. The molecule has 0 fully saturated rings. The molecule has 6 aromatic rings. The van der Waals surface area contributed by atoms with Gasteiger partial charge in [0, 0.05) is 50.5 Å². The van der Waals surface area contributed by atoms with E-state index in [1.807, 2.05) is 29.2 Å². The van der Waals surface area contributed by atoms with Crippen LogP contribution in [0.25, 0.3) is 39.0 Å². The zero-order valence-electron chi connectivity index (χ0n) is 30.1. The van der Waals surface area contributed by atoms with Crippen molar-refractivity contribution in [1.82, 2.24) is 19.7 Å². The molecule has 0 radical (unpaired) electrons. The van der Waals surface area contributed by atoms with Gasteiger partial charge in [-0.15, -0.1) is 41.6 Å².